The Kier molecular flexibility index (Phi) is 3.11. The van der Waals surface area contributed by atoms with Gasteiger partial charge in [0.1, 0.15) is 5.75 Å². The standard InChI is InChI=1S/C24H20O/c25-21-11-9-17(10-12-21)13-23-22-8-4-3-7-20(22)16-24(23)14-18-5-1-2-6-19(18)15-24/h1-13,25H,14-16H2/b23-13+. The van der Waals surface area contributed by atoms with Crippen molar-refractivity contribution in [2.45, 2.75) is 19.3 Å². The minimum atomic E-state index is 0.172. The molecule has 122 valence electrons. The quantitative estimate of drug-likeness (QED) is 0.646. The number of allylic oxidation sites excluding steroid dienone is 1. The normalized spacial score (nSPS) is 18.5. The van der Waals surface area contributed by atoms with E-state index in [9.17, 15) is 5.11 Å². The van der Waals surface area contributed by atoms with E-state index in [0.717, 1.165) is 24.8 Å². The lowest BCUT2D eigenvalue weighted by molar-refractivity contribution is 0.442. The molecule has 0 unspecified atom stereocenters. The second-order valence-corrected chi connectivity index (χ2v) is 7.39. The van der Waals surface area contributed by atoms with Crippen LogP contribution in [-0.2, 0) is 19.3 Å². The fourth-order valence-corrected chi connectivity index (χ4v) is 4.66. The van der Waals surface area contributed by atoms with Gasteiger partial charge in [-0.2, -0.15) is 0 Å². The number of phenolic OH excluding ortho intramolecular Hbond substituents is 1. The maximum Gasteiger partial charge on any atom is 0.115 e. The monoisotopic (exact) mass is 324 g/mol. The van der Waals surface area contributed by atoms with E-state index in [4.69, 9.17) is 0 Å². The largest absolute Gasteiger partial charge is 0.508 e. The second-order valence-electron chi connectivity index (χ2n) is 7.39. The van der Waals surface area contributed by atoms with Crippen molar-refractivity contribution in [1.82, 2.24) is 0 Å². The van der Waals surface area contributed by atoms with Crippen LogP contribution in [0.15, 0.2) is 72.8 Å². The average molecular weight is 324 g/mol. The number of hydrogen-bond acceptors (Lipinski definition) is 1. The summed E-state index contributed by atoms with van der Waals surface area (Å²) in [6, 6.07) is 25.2. The van der Waals surface area contributed by atoms with Gasteiger partial charge in [-0.1, -0.05) is 66.7 Å². The molecule has 0 aromatic heterocycles. The predicted octanol–water partition coefficient (Wildman–Crippen LogP) is 5.27. The van der Waals surface area contributed by atoms with E-state index in [-0.39, 0.29) is 5.41 Å². The van der Waals surface area contributed by atoms with Gasteiger partial charge in [0.05, 0.1) is 0 Å². The fourth-order valence-electron chi connectivity index (χ4n) is 4.66. The number of hydrogen-bond donors (Lipinski definition) is 1. The van der Waals surface area contributed by atoms with Gasteiger partial charge >= 0.3 is 0 Å². The molecule has 3 aromatic carbocycles. The highest BCUT2D eigenvalue weighted by Gasteiger charge is 2.45. The summed E-state index contributed by atoms with van der Waals surface area (Å²) < 4.78 is 0. The lowest BCUT2D eigenvalue weighted by Gasteiger charge is -2.26. The van der Waals surface area contributed by atoms with Gasteiger partial charge in [-0.25, -0.2) is 0 Å². The van der Waals surface area contributed by atoms with Gasteiger partial charge in [-0.05, 0) is 64.8 Å². The Morgan fingerprint density at radius 3 is 1.92 bits per heavy atom. The maximum absolute atomic E-state index is 9.58. The van der Waals surface area contributed by atoms with E-state index in [1.54, 1.807) is 12.1 Å². The van der Waals surface area contributed by atoms with Crippen molar-refractivity contribution < 1.29 is 5.11 Å². The van der Waals surface area contributed by atoms with E-state index in [1.807, 2.05) is 12.1 Å². The Hall–Kier alpha value is -2.80. The molecule has 0 bridgehead atoms. The number of aromatic hydroxyl groups is 1. The molecule has 1 heteroatoms. The minimum Gasteiger partial charge on any atom is -0.508 e. The van der Waals surface area contributed by atoms with E-state index in [1.165, 1.54) is 27.8 Å². The third kappa shape index (κ3) is 2.31. The van der Waals surface area contributed by atoms with Crippen molar-refractivity contribution in [3.05, 3.63) is 101 Å². The third-order valence-corrected chi connectivity index (χ3v) is 5.79. The Bertz CT molecular complexity index is 948. The zero-order valence-electron chi connectivity index (χ0n) is 14.1. The zero-order chi connectivity index (χ0) is 16.9. The van der Waals surface area contributed by atoms with Crippen LogP contribution in [0.3, 0.4) is 0 Å². The summed E-state index contributed by atoms with van der Waals surface area (Å²) in [4.78, 5) is 0. The Labute approximate surface area is 148 Å². The number of benzene rings is 3. The van der Waals surface area contributed by atoms with Gasteiger partial charge in [0.2, 0.25) is 0 Å². The number of fused-ring (bicyclic) bond motifs is 2. The minimum absolute atomic E-state index is 0.172. The molecule has 3 aromatic rings. The molecule has 0 heterocycles. The molecule has 0 fully saturated rings. The van der Waals surface area contributed by atoms with Gasteiger partial charge < -0.3 is 5.11 Å². The van der Waals surface area contributed by atoms with E-state index >= 15 is 0 Å². The molecule has 0 amide bonds. The lowest BCUT2D eigenvalue weighted by Crippen LogP contribution is -2.20. The van der Waals surface area contributed by atoms with E-state index in [2.05, 4.69) is 54.6 Å². The average Bonchev–Trinajstić information content (AvgIpc) is 3.14. The first-order valence-corrected chi connectivity index (χ1v) is 8.90. The van der Waals surface area contributed by atoms with Gasteiger partial charge in [-0.15, -0.1) is 0 Å². The summed E-state index contributed by atoms with van der Waals surface area (Å²) in [6.45, 7) is 0. The molecule has 5 rings (SSSR count). The van der Waals surface area contributed by atoms with Gasteiger partial charge in [0, 0.05) is 5.41 Å². The highest BCUT2D eigenvalue weighted by molar-refractivity contribution is 5.90. The highest BCUT2D eigenvalue weighted by Crippen LogP contribution is 2.54. The molecule has 2 aliphatic rings. The van der Waals surface area contributed by atoms with Crippen molar-refractivity contribution in [1.29, 1.82) is 0 Å². The lowest BCUT2D eigenvalue weighted by atomic mass is 9.77. The predicted molar refractivity (Wildman–Crippen MR) is 102 cm³/mol. The van der Waals surface area contributed by atoms with Crippen molar-refractivity contribution in [3.63, 3.8) is 0 Å². The molecule has 1 nitrogen and oxygen atoms in total. The molecule has 1 N–H and O–H groups in total. The molecular formula is C24H20O. The number of phenols is 1. The molecule has 0 radical (unpaired) electrons. The summed E-state index contributed by atoms with van der Waals surface area (Å²) >= 11 is 0. The first-order valence-electron chi connectivity index (χ1n) is 8.90. The topological polar surface area (TPSA) is 20.2 Å². The first kappa shape index (κ1) is 14.5. The van der Waals surface area contributed by atoms with Crippen LogP contribution in [0.1, 0.15) is 27.8 Å². The molecule has 0 saturated carbocycles. The van der Waals surface area contributed by atoms with Crippen molar-refractivity contribution in [3.8, 4) is 5.75 Å². The molecule has 0 atom stereocenters. The van der Waals surface area contributed by atoms with Crippen LogP contribution in [-0.4, -0.2) is 5.11 Å². The van der Waals surface area contributed by atoms with Gasteiger partial charge in [0.15, 0.2) is 0 Å². The first-order chi connectivity index (χ1) is 12.2. The van der Waals surface area contributed by atoms with Crippen LogP contribution in [0.5, 0.6) is 5.75 Å². The summed E-state index contributed by atoms with van der Waals surface area (Å²) in [6.07, 6.45) is 5.67. The zero-order valence-corrected chi connectivity index (χ0v) is 14.1. The van der Waals surface area contributed by atoms with Crippen LogP contribution < -0.4 is 0 Å². The molecule has 25 heavy (non-hydrogen) atoms. The molecule has 2 aliphatic carbocycles. The summed E-state index contributed by atoms with van der Waals surface area (Å²) in [7, 11) is 0. The third-order valence-electron chi connectivity index (χ3n) is 5.79. The SMILES string of the molecule is Oc1ccc(/C=C2\c3ccccc3CC23Cc2ccccc2C3)cc1. The van der Waals surface area contributed by atoms with Crippen LogP contribution in [0.2, 0.25) is 0 Å². The highest BCUT2D eigenvalue weighted by atomic mass is 16.3. The molecular weight excluding hydrogens is 304 g/mol. The Morgan fingerprint density at radius 2 is 1.24 bits per heavy atom. The van der Waals surface area contributed by atoms with E-state index < -0.39 is 0 Å². The second kappa shape index (κ2) is 5.35. The van der Waals surface area contributed by atoms with Crippen molar-refractivity contribution in [2.75, 3.05) is 0 Å². The smallest absolute Gasteiger partial charge is 0.115 e. The molecule has 0 aliphatic heterocycles. The summed E-state index contributed by atoms with van der Waals surface area (Å²) in [5, 5.41) is 9.58. The van der Waals surface area contributed by atoms with Crippen molar-refractivity contribution >= 4 is 11.6 Å². The van der Waals surface area contributed by atoms with Gasteiger partial charge in [0.25, 0.3) is 0 Å². The van der Waals surface area contributed by atoms with Gasteiger partial charge in [-0.3, -0.25) is 0 Å². The van der Waals surface area contributed by atoms with Crippen LogP contribution >= 0.6 is 0 Å². The van der Waals surface area contributed by atoms with Crippen LogP contribution in [0.25, 0.3) is 11.6 Å². The van der Waals surface area contributed by atoms with E-state index in [0.29, 0.717) is 5.75 Å². The molecule has 1 spiro atoms. The Balaban J connectivity index is 1.66. The summed E-state index contributed by atoms with van der Waals surface area (Å²) in [5.41, 5.74) is 8.61. The maximum atomic E-state index is 9.58. The van der Waals surface area contributed by atoms with Crippen molar-refractivity contribution in [2.24, 2.45) is 5.41 Å². The molecule has 0 saturated heterocycles. The number of rotatable bonds is 1. The van der Waals surface area contributed by atoms with Crippen LogP contribution in [0, 0.1) is 5.41 Å². The van der Waals surface area contributed by atoms with Crippen LogP contribution in [0.4, 0.5) is 0 Å². The fraction of sp³-hybridized carbons (Fsp3) is 0.167. The summed E-state index contributed by atoms with van der Waals surface area (Å²) in [5.74, 6) is 0.317. The Morgan fingerprint density at radius 1 is 0.680 bits per heavy atom.